The second kappa shape index (κ2) is 7.26. The second-order valence-corrected chi connectivity index (χ2v) is 5.80. The molecular formula is C15H20N4OS. The lowest BCUT2D eigenvalue weighted by molar-refractivity contribution is 0.0724. The minimum absolute atomic E-state index is 0.0209. The number of pyridine rings is 1. The number of hydrogen-bond donors (Lipinski definition) is 0. The van der Waals surface area contributed by atoms with Crippen LogP contribution in [0.5, 0.6) is 0 Å². The van der Waals surface area contributed by atoms with Gasteiger partial charge in [-0.25, -0.2) is 0 Å². The van der Waals surface area contributed by atoms with Crippen LogP contribution in [0.4, 0.5) is 0 Å². The van der Waals surface area contributed by atoms with Gasteiger partial charge in [0.2, 0.25) is 0 Å². The Balaban J connectivity index is 2.24. The first-order valence-electron chi connectivity index (χ1n) is 7.11. The molecule has 5 nitrogen and oxygen atoms in total. The van der Waals surface area contributed by atoms with E-state index in [1.165, 1.54) is 0 Å². The highest BCUT2D eigenvalue weighted by molar-refractivity contribution is 7.07. The summed E-state index contributed by atoms with van der Waals surface area (Å²) < 4.78 is 3.85. The molecule has 1 amide bonds. The van der Waals surface area contributed by atoms with Gasteiger partial charge in [0, 0.05) is 19.4 Å². The Morgan fingerprint density at radius 2 is 2.29 bits per heavy atom. The van der Waals surface area contributed by atoms with Crippen LogP contribution < -0.4 is 0 Å². The number of aromatic nitrogens is 3. The fraction of sp³-hybridized carbons (Fsp3) is 0.467. The van der Waals surface area contributed by atoms with Crippen LogP contribution in [0.3, 0.4) is 0 Å². The fourth-order valence-electron chi connectivity index (χ4n) is 2.28. The SMILES string of the molecule is CCCCC(c1cccnc1)N(C)C(=O)c1snnc1C. The summed E-state index contributed by atoms with van der Waals surface area (Å²) in [4.78, 5) is 19.2. The molecule has 0 saturated heterocycles. The number of hydrogen-bond acceptors (Lipinski definition) is 5. The summed E-state index contributed by atoms with van der Waals surface area (Å²) in [7, 11) is 1.84. The summed E-state index contributed by atoms with van der Waals surface area (Å²) >= 11 is 1.15. The largest absolute Gasteiger partial charge is 0.334 e. The van der Waals surface area contributed by atoms with Gasteiger partial charge in [-0.3, -0.25) is 9.78 Å². The van der Waals surface area contributed by atoms with E-state index < -0.39 is 0 Å². The van der Waals surface area contributed by atoms with Crippen molar-refractivity contribution in [2.45, 2.75) is 39.2 Å². The van der Waals surface area contributed by atoms with Crippen LogP contribution in [0.1, 0.15) is 53.2 Å². The van der Waals surface area contributed by atoms with Crippen LogP contribution in [0.2, 0.25) is 0 Å². The molecule has 0 aliphatic heterocycles. The molecule has 0 radical (unpaired) electrons. The van der Waals surface area contributed by atoms with Crippen LogP contribution in [0, 0.1) is 6.92 Å². The maximum absolute atomic E-state index is 12.6. The standard InChI is InChI=1S/C15H20N4OS/c1-4-5-8-13(12-7-6-9-16-10-12)19(3)15(20)14-11(2)17-18-21-14/h6-7,9-10,13H,4-5,8H2,1-3H3. The normalized spacial score (nSPS) is 12.1. The van der Waals surface area contributed by atoms with E-state index in [2.05, 4.69) is 21.5 Å². The molecule has 0 spiro atoms. The highest BCUT2D eigenvalue weighted by Crippen LogP contribution is 2.27. The first-order chi connectivity index (χ1) is 10.1. The zero-order chi connectivity index (χ0) is 15.2. The van der Waals surface area contributed by atoms with E-state index in [9.17, 15) is 4.79 Å². The highest BCUT2D eigenvalue weighted by Gasteiger charge is 2.25. The lowest BCUT2D eigenvalue weighted by atomic mass is 10.0. The van der Waals surface area contributed by atoms with E-state index in [4.69, 9.17) is 0 Å². The van der Waals surface area contributed by atoms with Crippen molar-refractivity contribution in [2.75, 3.05) is 7.05 Å². The van der Waals surface area contributed by atoms with Crippen LogP contribution in [-0.4, -0.2) is 32.4 Å². The monoisotopic (exact) mass is 304 g/mol. The van der Waals surface area contributed by atoms with Crippen molar-refractivity contribution in [2.24, 2.45) is 0 Å². The molecule has 112 valence electrons. The Morgan fingerprint density at radius 3 is 2.86 bits per heavy atom. The second-order valence-electron chi connectivity index (χ2n) is 5.05. The Morgan fingerprint density at radius 1 is 1.48 bits per heavy atom. The van der Waals surface area contributed by atoms with Gasteiger partial charge in [0.15, 0.2) is 0 Å². The van der Waals surface area contributed by atoms with Gasteiger partial charge in [0.05, 0.1) is 11.7 Å². The molecule has 1 atom stereocenters. The number of aryl methyl sites for hydroxylation is 1. The number of carbonyl (C=O) groups is 1. The maximum atomic E-state index is 12.6. The number of rotatable bonds is 6. The van der Waals surface area contributed by atoms with Crippen LogP contribution in [-0.2, 0) is 0 Å². The number of unbranched alkanes of at least 4 members (excludes halogenated alkanes) is 1. The number of nitrogens with zero attached hydrogens (tertiary/aromatic N) is 4. The fourth-order valence-corrected chi connectivity index (χ4v) is 2.92. The lowest BCUT2D eigenvalue weighted by Gasteiger charge is -2.28. The van der Waals surface area contributed by atoms with Gasteiger partial charge in [0.25, 0.3) is 5.91 Å². The van der Waals surface area contributed by atoms with Gasteiger partial charge in [-0.1, -0.05) is 30.3 Å². The average Bonchev–Trinajstić information content (AvgIpc) is 2.94. The molecule has 0 aliphatic carbocycles. The molecule has 0 saturated carbocycles. The summed E-state index contributed by atoms with van der Waals surface area (Å²) in [5, 5.41) is 3.92. The smallest absolute Gasteiger partial charge is 0.267 e. The third-order valence-electron chi connectivity index (χ3n) is 3.53. The van der Waals surface area contributed by atoms with Gasteiger partial charge in [-0.05, 0) is 36.5 Å². The van der Waals surface area contributed by atoms with Crippen molar-refractivity contribution >= 4 is 17.4 Å². The molecule has 0 aromatic carbocycles. The van der Waals surface area contributed by atoms with Crippen molar-refractivity contribution in [1.29, 1.82) is 0 Å². The van der Waals surface area contributed by atoms with Gasteiger partial charge in [-0.15, -0.1) is 5.10 Å². The van der Waals surface area contributed by atoms with Gasteiger partial charge in [0.1, 0.15) is 4.88 Å². The summed E-state index contributed by atoms with van der Waals surface area (Å²) in [6, 6.07) is 3.97. The third kappa shape index (κ3) is 3.64. The predicted molar refractivity (Wildman–Crippen MR) is 83.2 cm³/mol. The first-order valence-corrected chi connectivity index (χ1v) is 7.88. The zero-order valence-corrected chi connectivity index (χ0v) is 13.4. The minimum atomic E-state index is -0.0209. The highest BCUT2D eigenvalue weighted by atomic mass is 32.1. The molecule has 2 aromatic rings. The molecule has 2 rings (SSSR count). The molecule has 0 aliphatic rings. The Bertz CT molecular complexity index is 584. The third-order valence-corrected chi connectivity index (χ3v) is 4.35. The van der Waals surface area contributed by atoms with Crippen molar-refractivity contribution in [3.05, 3.63) is 40.7 Å². The summed E-state index contributed by atoms with van der Waals surface area (Å²) in [5.74, 6) is -0.0209. The van der Waals surface area contributed by atoms with Gasteiger partial charge < -0.3 is 4.90 Å². The number of carbonyl (C=O) groups excluding carboxylic acids is 1. The van der Waals surface area contributed by atoms with Crippen molar-refractivity contribution in [3.8, 4) is 0 Å². The molecule has 0 fully saturated rings. The van der Waals surface area contributed by atoms with E-state index in [0.29, 0.717) is 10.6 Å². The molecule has 2 aromatic heterocycles. The van der Waals surface area contributed by atoms with E-state index >= 15 is 0 Å². The molecule has 6 heteroatoms. The average molecular weight is 304 g/mol. The molecule has 2 heterocycles. The summed E-state index contributed by atoms with van der Waals surface area (Å²) in [6.45, 7) is 3.97. The topological polar surface area (TPSA) is 59.0 Å². The molecule has 0 N–H and O–H groups in total. The van der Waals surface area contributed by atoms with E-state index in [1.807, 2.05) is 32.3 Å². The Kier molecular flexibility index (Phi) is 5.38. The van der Waals surface area contributed by atoms with Crippen molar-refractivity contribution in [1.82, 2.24) is 19.5 Å². The van der Waals surface area contributed by atoms with E-state index in [0.717, 1.165) is 36.4 Å². The minimum Gasteiger partial charge on any atom is -0.334 e. The van der Waals surface area contributed by atoms with Crippen molar-refractivity contribution in [3.63, 3.8) is 0 Å². The van der Waals surface area contributed by atoms with Crippen LogP contribution in [0.25, 0.3) is 0 Å². The van der Waals surface area contributed by atoms with E-state index in [1.54, 1.807) is 11.1 Å². The molecule has 21 heavy (non-hydrogen) atoms. The Labute approximate surface area is 129 Å². The Hall–Kier alpha value is -1.82. The first kappa shape index (κ1) is 15.6. The predicted octanol–water partition coefficient (Wildman–Crippen LogP) is 3.25. The molecule has 0 bridgehead atoms. The molecular weight excluding hydrogens is 284 g/mol. The van der Waals surface area contributed by atoms with E-state index in [-0.39, 0.29) is 11.9 Å². The maximum Gasteiger partial charge on any atom is 0.267 e. The molecule has 1 unspecified atom stereocenters. The zero-order valence-electron chi connectivity index (χ0n) is 12.6. The summed E-state index contributed by atoms with van der Waals surface area (Å²) in [5.41, 5.74) is 1.76. The van der Waals surface area contributed by atoms with Crippen LogP contribution >= 0.6 is 11.5 Å². The quantitative estimate of drug-likeness (QED) is 0.822. The van der Waals surface area contributed by atoms with Gasteiger partial charge in [-0.2, -0.15) is 0 Å². The van der Waals surface area contributed by atoms with Gasteiger partial charge >= 0.3 is 0 Å². The number of amides is 1. The van der Waals surface area contributed by atoms with Crippen LogP contribution in [0.15, 0.2) is 24.5 Å². The lowest BCUT2D eigenvalue weighted by Crippen LogP contribution is -2.31. The van der Waals surface area contributed by atoms with Crippen molar-refractivity contribution < 1.29 is 4.79 Å². The summed E-state index contributed by atoms with van der Waals surface area (Å²) in [6.07, 6.45) is 6.67.